The van der Waals surface area contributed by atoms with E-state index >= 15 is 0 Å². The van der Waals surface area contributed by atoms with E-state index in [1.807, 2.05) is 13.8 Å². The number of Topliss-reactive ketones (excluding diaryl/α,β-unsaturated/α-hetero) is 1. The molecule has 6 N–H and O–H groups in total. The number of nitrogens with one attached hydrogen (secondary N) is 4. The van der Waals surface area contributed by atoms with Crippen LogP contribution in [0.3, 0.4) is 0 Å². The van der Waals surface area contributed by atoms with Crippen molar-refractivity contribution in [1.82, 2.24) is 5.32 Å². The lowest BCUT2D eigenvalue weighted by Gasteiger charge is -2.58. The van der Waals surface area contributed by atoms with Crippen molar-refractivity contribution < 1.29 is 40.0 Å². The summed E-state index contributed by atoms with van der Waals surface area (Å²) < 4.78 is 5.63. The molecule has 0 heterocycles. The molecule has 50 heavy (non-hydrogen) atoms. The van der Waals surface area contributed by atoms with E-state index in [9.17, 15) is 35.2 Å². The van der Waals surface area contributed by atoms with Gasteiger partial charge in [0.25, 0.3) is 0 Å². The van der Waals surface area contributed by atoms with Crippen LogP contribution in [0.2, 0.25) is 0 Å². The highest BCUT2D eigenvalue weighted by atomic mass is 16.8. The third-order valence-electron chi connectivity index (χ3n) is 12.7. The minimum absolute atomic E-state index is 0.0162. The van der Waals surface area contributed by atoms with Crippen LogP contribution in [-0.4, -0.2) is 46.4 Å². The number of hydrogen-bond donors (Lipinski definition) is 6. The van der Waals surface area contributed by atoms with Gasteiger partial charge in [-0.05, 0) is 85.5 Å². The van der Waals surface area contributed by atoms with Gasteiger partial charge in [0, 0.05) is 56.8 Å². The summed E-state index contributed by atoms with van der Waals surface area (Å²) in [6.45, 7) is 12.2. The average molecular weight is 698 g/mol. The first-order valence-corrected chi connectivity index (χ1v) is 18.1. The Morgan fingerprint density at radius 2 is 1.80 bits per heavy atom. The molecule has 0 radical (unpaired) electrons. The Morgan fingerprint density at radius 1 is 1.06 bits per heavy atom. The summed E-state index contributed by atoms with van der Waals surface area (Å²) in [6.07, 6.45) is 9.49. The van der Waals surface area contributed by atoms with Gasteiger partial charge in [-0.2, -0.15) is 15.6 Å². The first kappa shape index (κ1) is 38.0. The monoisotopic (exact) mass is 697 g/mol. The molecule has 0 aliphatic heterocycles. The van der Waals surface area contributed by atoms with Crippen molar-refractivity contribution in [2.24, 2.45) is 51.4 Å². The largest absolute Gasteiger partial charge is 0.595 e. The fourth-order valence-corrected chi connectivity index (χ4v) is 10.1. The van der Waals surface area contributed by atoms with E-state index in [1.54, 1.807) is 0 Å². The van der Waals surface area contributed by atoms with Gasteiger partial charge in [0.2, 0.25) is 5.91 Å². The van der Waals surface area contributed by atoms with Crippen LogP contribution >= 0.6 is 0 Å². The van der Waals surface area contributed by atoms with Crippen LogP contribution in [0, 0.1) is 56.8 Å². The number of quaternary nitrogens is 2. The van der Waals surface area contributed by atoms with Crippen LogP contribution in [-0.2, 0) is 19.1 Å². The molecule has 3 fully saturated rings. The number of ketones is 1. The summed E-state index contributed by atoms with van der Waals surface area (Å²) in [4.78, 5) is 37.1. The number of anilines is 1. The Bertz CT molecular complexity index is 1510. The summed E-state index contributed by atoms with van der Waals surface area (Å²) in [7, 11) is 0. The second-order valence-electron chi connectivity index (χ2n) is 15.9. The highest BCUT2D eigenvalue weighted by Gasteiger charge is 2.62. The Morgan fingerprint density at radius 3 is 2.46 bits per heavy atom. The van der Waals surface area contributed by atoms with Gasteiger partial charge < -0.3 is 20.5 Å². The van der Waals surface area contributed by atoms with Crippen LogP contribution in [0.4, 0.5) is 17.1 Å². The summed E-state index contributed by atoms with van der Waals surface area (Å²) in [5, 5.41) is 48.2. The van der Waals surface area contributed by atoms with Crippen molar-refractivity contribution in [3.8, 4) is 0 Å². The van der Waals surface area contributed by atoms with E-state index in [0.717, 1.165) is 50.3 Å². The molecular weight excluding hydrogens is 642 g/mol. The number of benzene rings is 1. The van der Waals surface area contributed by atoms with Crippen molar-refractivity contribution in [3.05, 3.63) is 40.3 Å². The van der Waals surface area contributed by atoms with Gasteiger partial charge in [-0.1, -0.05) is 39.3 Å². The van der Waals surface area contributed by atoms with Crippen molar-refractivity contribution in [1.29, 1.82) is 0 Å². The maximum atomic E-state index is 13.9. The van der Waals surface area contributed by atoms with Gasteiger partial charge >= 0.3 is 5.97 Å². The van der Waals surface area contributed by atoms with Gasteiger partial charge in [-0.25, -0.2) is 10.4 Å². The number of hydrogen-bond acceptors (Lipinski definition) is 10. The molecule has 4 aliphatic carbocycles. The topological polar surface area (TPSA) is 192 Å². The summed E-state index contributed by atoms with van der Waals surface area (Å²) >= 11 is 0. The second kappa shape index (κ2) is 15.2. The van der Waals surface area contributed by atoms with Crippen LogP contribution in [0.1, 0.15) is 99.3 Å². The summed E-state index contributed by atoms with van der Waals surface area (Å²) in [5.41, 5.74) is 4.91. The molecule has 1 amide bonds. The fourth-order valence-electron chi connectivity index (χ4n) is 10.1. The first-order valence-electron chi connectivity index (χ1n) is 18.1. The third-order valence-corrected chi connectivity index (χ3v) is 12.7. The number of rotatable bonds is 12. The van der Waals surface area contributed by atoms with Gasteiger partial charge in [0.1, 0.15) is 17.6 Å². The molecule has 0 spiro atoms. The fraction of sp³-hybridized carbons (Fsp3) is 0.676. The number of amides is 1. The molecule has 2 unspecified atom stereocenters. The molecule has 1 aromatic carbocycles. The number of nitrogens with zero attached hydrogens (tertiary/aromatic N) is 1. The molecule has 13 heteroatoms. The second-order valence-corrected chi connectivity index (χ2v) is 15.9. The molecule has 276 valence electrons. The molecule has 0 aromatic heterocycles. The van der Waals surface area contributed by atoms with E-state index in [2.05, 4.69) is 30.7 Å². The molecule has 0 bridgehead atoms. The zero-order valence-corrected chi connectivity index (χ0v) is 30.2. The highest BCUT2D eigenvalue weighted by molar-refractivity contribution is 5.96. The predicted octanol–water partition coefficient (Wildman–Crippen LogP) is 4.14. The smallest absolute Gasteiger partial charge is 0.302 e. The number of fused-ring (bicyclic) bond motifs is 5. The zero-order valence-electron chi connectivity index (χ0n) is 30.2. The number of esters is 1. The van der Waals surface area contributed by atoms with Gasteiger partial charge in [-0.15, -0.1) is 0 Å². The Kier molecular flexibility index (Phi) is 11.6. The normalized spacial score (nSPS) is 33.5. The first-order chi connectivity index (χ1) is 23.5. The van der Waals surface area contributed by atoms with Crippen LogP contribution in [0.5, 0.6) is 0 Å². The SMILES string of the molecule is CC(=O)NC[C@@H](C)CCC(=O)[C@H](C)[C@H]1C(=NNc2ccc([NH+]([O-])O)cc2[NH+]([O-])O)C[C@@H]2[C@H]3CC=C4C[C@@H](OC(C)=O)CC[C@]4(C)[C@H]3CC[C@@]21C. The van der Waals surface area contributed by atoms with Crippen LogP contribution in [0.25, 0.3) is 0 Å². The van der Waals surface area contributed by atoms with Crippen LogP contribution in [0.15, 0.2) is 34.9 Å². The Balaban J connectivity index is 1.45. The summed E-state index contributed by atoms with van der Waals surface area (Å²) in [6, 6.07) is 3.91. The van der Waals surface area contributed by atoms with E-state index in [4.69, 9.17) is 9.84 Å². The number of carbonyl (C=O) groups excluding carboxylic acids is 3. The Labute approximate surface area is 294 Å². The lowest BCUT2D eigenvalue weighted by molar-refractivity contribution is -0.996. The highest BCUT2D eigenvalue weighted by Crippen LogP contribution is 2.66. The molecule has 1 aromatic rings. The molecule has 11 atom stereocenters. The number of allylic oxidation sites excluding steroid dienone is 1. The van der Waals surface area contributed by atoms with Gasteiger partial charge in [-0.3, -0.25) is 19.8 Å². The third kappa shape index (κ3) is 7.68. The van der Waals surface area contributed by atoms with E-state index in [0.29, 0.717) is 37.6 Å². The number of hydrazone groups is 1. The van der Waals surface area contributed by atoms with Crippen LogP contribution < -0.4 is 21.2 Å². The molecule has 5 rings (SSSR count). The lowest BCUT2D eigenvalue weighted by Crippen LogP contribution is -3.00. The molecule has 0 saturated heterocycles. The predicted molar refractivity (Wildman–Crippen MR) is 186 cm³/mol. The van der Waals surface area contributed by atoms with Crippen molar-refractivity contribution in [2.45, 2.75) is 105 Å². The zero-order chi connectivity index (χ0) is 36.5. The quantitative estimate of drug-likeness (QED) is 0.106. The van der Waals surface area contributed by atoms with E-state index in [1.165, 1.54) is 31.6 Å². The maximum Gasteiger partial charge on any atom is 0.302 e. The van der Waals surface area contributed by atoms with Crippen molar-refractivity contribution >= 4 is 40.4 Å². The lowest BCUT2D eigenvalue weighted by atomic mass is 9.47. The van der Waals surface area contributed by atoms with Crippen molar-refractivity contribution in [2.75, 3.05) is 12.0 Å². The number of carbonyl (C=O) groups is 3. The Hall–Kier alpha value is -3.20. The van der Waals surface area contributed by atoms with E-state index < -0.39 is 10.5 Å². The van der Waals surface area contributed by atoms with Gasteiger partial charge in [0.15, 0.2) is 11.4 Å². The standard InChI is InChI=1S/C37H55N5O8/c1-21(20-38-23(3)43)7-12-34(45)22(2)35-32(40-39-31-11-9-26(41(46)47)18-33(31)42(48)49)19-30-28-10-8-25-17-27(50-24(4)44)13-15-36(25,5)29(28)14-16-37(30,35)6/h8-9,11,18,21-22,27-30,35,39,41-42,46,48H,7,10,12-17,19-20H2,1-6H3,(H,38,43)/t21-,22-,27-,28-,29-,30+,35-,36-,37-/m0/s1. The average Bonchev–Trinajstić information content (AvgIpc) is 3.36. The minimum atomic E-state index is -1.26. The van der Waals surface area contributed by atoms with Crippen molar-refractivity contribution in [3.63, 3.8) is 0 Å². The molecular formula is C37H55N5O8. The molecule has 4 aliphatic rings. The molecule has 3 saturated carbocycles. The molecule has 13 nitrogen and oxygen atoms in total. The number of ether oxygens (including phenoxy) is 1. The minimum Gasteiger partial charge on any atom is -0.595 e. The van der Waals surface area contributed by atoms with E-state index in [-0.39, 0.29) is 75.3 Å². The maximum absolute atomic E-state index is 13.9. The summed E-state index contributed by atoms with van der Waals surface area (Å²) in [5.74, 6) is 0.576. The van der Waals surface area contributed by atoms with Gasteiger partial charge in [0.05, 0.1) is 6.07 Å².